The minimum Gasteiger partial charge on any atom is -0.459 e. The molecule has 0 aliphatic heterocycles. The molecule has 1 aromatic heterocycles. The van der Waals surface area contributed by atoms with Crippen LogP contribution in [-0.4, -0.2) is 32.3 Å². The van der Waals surface area contributed by atoms with Crippen molar-refractivity contribution in [3.8, 4) is 0 Å². The highest BCUT2D eigenvalue weighted by Gasteiger charge is 2.11. The van der Waals surface area contributed by atoms with Gasteiger partial charge in [0.2, 0.25) is 0 Å². The van der Waals surface area contributed by atoms with E-state index in [2.05, 4.69) is 15.6 Å². The summed E-state index contributed by atoms with van der Waals surface area (Å²) in [5.41, 5.74) is 1.60. The topological polar surface area (TPSA) is 58.8 Å². The molecule has 1 aromatic carbocycles. The van der Waals surface area contributed by atoms with E-state index in [-0.39, 0.29) is 11.9 Å². The average molecular weight is 321 g/mol. The maximum atomic E-state index is 13.4. The summed E-state index contributed by atoms with van der Waals surface area (Å²) in [6.45, 7) is 7.68. The van der Waals surface area contributed by atoms with Gasteiger partial charge in [-0.2, -0.15) is 0 Å². The van der Waals surface area contributed by atoms with E-state index in [9.17, 15) is 4.39 Å². The quantitative estimate of drug-likeness (QED) is 0.634. The number of guanidine groups is 1. The lowest BCUT2D eigenvalue weighted by Gasteiger charge is -2.16. The Hall–Kier alpha value is -2.08. The van der Waals surface area contributed by atoms with Gasteiger partial charge in [0.15, 0.2) is 5.96 Å². The fraction of sp³-hybridized carbons (Fsp3) is 0.471. The molecule has 1 atom stereocenters. The molecule has 0 fully saturated rings. The van der Waals surface area contributed by atoms with Gasteiger partial charge in [0, 0.05) is 30.6 Å². The Morgan fingerprint density at radius 1 is 1.43 bits per heavy atom. The van der Waals surface area contributed by atoms with Gasteiger partial charge in [-0.3, -0.25) is 0 Å². The van der Waals surface area contributed by atoms with Crippen LogP contribution in [0.5, 0.6) is 0 Å². The van der Waals surface area contributed by atoms with Gasteiger partial charge >= 0.3 is 0 Å². The van der Waals surface area contributed by atoms with E-state index in [4.69, 9.17) is 9.15 Å². The Labute approximate surface area is 135 Å². The van der Waals surface area contributed by atoms with E-state index >= 15 is 0 Å². The smallest absolute Gasteiger partial charge is 0.191 e. The third-order valence-corrected chi connectivity index (χ3v) is 3.52. The molecule has 0 aliphatic rings. The number of rotatable bonds is 6. The molecule has 2 N–H and O–H groups in total. The first-order chi connectivity index (χ1) is 11.0. The minimum atomic E-state index is -0.264. The van der Waals surface area contributed by atoms with Crippen molar-refractivity contribution in [1.29, 1.82) is 0 Å². The summed E-state index contributed by atoms with van der Waals surface area (Å²) in [6.07, 6.45) is 0. The van der Waals surface area contributed by atoms with Crippen molar-refractivity contribution in [2.24, 2.45) is 4.99 Å². The number of nitrogens with zero attached hydrogens (tertiary/aromatic N) is 1. The molecule has 0 amide bonds. The van der Waals surface area contributed by atoms with E-state index < -0.39 is 0 Å². The molecule has 0 aliphatic carbocycles. The van der Waals surface area contributed by atoms with E-state index in [1.165, 1.54) is 12.1 Å². The molecular formula is C17H24FN3O2. The second-order valence-corrected chi connectivity index (χ2v) is 5.49. The Bertz CT molecular complexity index is 682. The number of halogens is 1. The summed E-state index contributed by atoms with van der Waals surface area (Å²) < 4.78 is 24.3. The van der Waals surface area contributed by atoms with Gasteiger partial charge in [-0.05, 0) is 39.0 Å². The maximum absolute atomic E-state index is 13.4. The first kappa shape index (κ1) is 17.3. The number of aryl methyl sites for hydroxylation is 1. The molecule has 0 saturated carbocycles. The molecule has 0 spiro atoms. The fourth-order valence-corrected chi connectivity index (χ4v) is 2.39. The Morgan fingerprint density at radius 3 is 2.91 bits per heavy atom. The standard InChI is InChI=1S/C17H24FN3O2/c1-5-19-17(21-11(2)10-22-4)20-9-16-12(3)14-8-13(18)6-7-15(14)23-16/h6-8,11H,5,9-10H2,1-4H3,(H2,19,20,21). The van der Waals surface area contributed by atoms with Gasteiger partial charge in [-0.25, -0.2) is 9.38 Å². The number of benzene rings is 1. The van der Waals surface area contributed by atoms with E-state index in [1.54, 1.807) is 13.2 Å². The highest BCUT2D eigenvalue weighted by molar-refractivity contribution is 5.82. The SMILES string of the molecule is CCNC(=NCc1oc2ccc(F)cc2c1C)NC(C)COC. The lowest BCUT2D eigenvalue weighted by molar-refractivity contribution is 0.179. The van der Waals surface area contributed by atoms with Crippen LogP contribution in [-0.2, 0) is 11.3 Å². The van der Waals surface area contributed by atoms with Crippen molar-refractivity contribution < 1.29 is 13.5 Å². The largest absolute Gasteiger partial charge is 0.459 e. The molecule has 1 heterocycles. The molecule has 0 radical (unpaired) electrons. The van der Waals surface area contributed by atoms with Gasteiger partial charge in [0.05, 0.1) is 6.61 Å². The lowest BCUT2D eigenvalue weighted by atomic mass is 10.1. The predicted molar refractivity (Wildman–Crippen MR) is 90.2 cm³/mol. The number of ether oxygens (including phenoxy) is 1. The molecule has 0 saturated heterocycles. The van der Waals surface area contributed by atoms with Crippen LogP contribution >= 0.6 is 0 Å². The number of fused-ring (bicyclic) bond motifs is 1. The van der Waals surface area contributed by atoms with Gasteiger partial charge in [0.1, 0.15) is 23.7 Å². The van der Waals surface area contributed by atoms with E-state index in [0.717, 1.165) is 23.3 Å². The summed E-state index contributed by atoms with van der Waals surface area (Å²) in [5, 5.41) is 7.24. The predicted octanol–water partition coefficient (Wildman–Crippen LogP) is 2.97. The van der Waals surface area contributed by atoms with Crippen LogP contribution in [0.1, 0.15) is 25.2 Å². The number of furan rings is 1. The summed E-state index contributed by atoms with van der Waals surface area (Å²) in [5.74, 6) is 1.17. The van der Waals surface area contributed by atoms with Crippen molar-refractivity contribution in [2.75, 3.05) is 20.3 Å². The highest BCUT2D eigenvalue weighted by atomic mass is 19.1. The molecule has 6 heteroatoms. The van der Waals surface area contributed by atoms with Gasteiger partial charge in [0.25, 0.3) is 0 Å². The summed E-state index contributed by atoms with van der Waals surface area (Å²) in [4.78, 5) is 4.54. The fourth-order valence-electron chi connectivity index (χ4n) is 2.39. The third kappa shape index (κ3) is 4.45. The lowest BCUT2D eigenvalue weighted by Crippen LogP contribution is -2.43. The van der Waals surface area contributed by atoms with Gasteiger partial charge in [-0.15, -0.1) is 0 Å². The molecule has 1 unspecified atom stereocenters. The van der Waals surface area contributed by atoms with Crippen LogP contribution in [0.2, 0.25) is 0 Å². The number of aliphatic imine (C=N–C) groups is 1. The first-order valence-electron chi connectivity index (χ1n) is 7.76. The van der Waals surface area contributed by atoms with Crippen molar-refractivity contribution in [3.63, 3.8) is 0 Å². The Balaban J connectivity index is 2.16. The molecule has 0 bridgehead atoms. The molecule has 126 valence electrons. The monoisotopic (exact) mass is 321 g/mol. The van der Waals surface area contributed by atoms with E-state index in [0.29, 0.717) is 24.7 Å². The van der Waals surface area contributed by atoms with Crippen molar-refractivity contribution in [1.82, 2.24) is 10.6 Å². The van der Waals surface area contributed by atoms with Crippen molar-refractivity contribution in [2.45, 2.75) is 33.4 Å². The number of nitrogens with one attached hydrogen (secondary N) is 2. The molecule has 2 aromatic rings. The van der Waals surface area contributed by atoms with Crippen LogP contribution in [0.4, 0.5) is 4.39 Å². The Kier molecular flexibility index (Phi) is 5.98. The van der Waals surface area contributed by atoms with Crippen LogP contribution in [0.25, 0.3) is 11.0 Å². The minimum absolute atomic E-state index is 0.142. The summed E-state index contributed by atoms with van der Waals surface area (Å²) >= 11 is 0. The zero-order valence-corrected chi connectivity index (χ0v) is 14.1. The normalized spacial score (nSPS) is 13.3. The summed E-state index contributed by atoms with van der Waals surface area (Å²) in [7, 11) is 1.67. The van der Waals surface area contributed by atoms with Gasteiger partial charge in [-0.1, -0.05) is 0 Å². The van der Waals surface area contributed by atoms with E-state index in [1.807, 2.05) is 20.8 Å². The van der Waals surface area contributed by atoms with Crippen molar-refractivity contribution >= 4 is 16.9 Å². The highest BCUT2D eigenvalue weighted by Crippen LogP contribution is 2.26. The second-order valence-electron chi connectivity index (χ2n) is 5.49. The molecule has 2 rings (SSSR count). The average Bonchev–Trinajstić information content (AvgIpc) is 2.82. The Morgan fingerprint density at radius 2 is 2.22 bits per heavy atom. The molecule has 5 nitrogen and oxygen atoms in total. The molecular weight excluding hydrogens is 297 g/mol. The van der Waals surface area contributed by atoms with Crippen LogP contribution in [0.15, 0.2) is 27.6 Å². The van der Waals surface area contributed by atoms with Crippen LogP contribution in [0.3, 0.4) is 0 Å². The number of hydrogen-bond acceptors (Lipinski definition) is 3. The number of hydrogen-bond donors (Lipinski definition) is 2. The zero-order valence-electron chi connectivity index (χ0n) is 14.1. The summed E-state index contributed by atoms with van der Waals surface area (Å²) in [6, 6.07) is 4.68. The third-order valence-electron chi connectivity index (χ3n) is 3.52. The second kappa shape index (κ2) is 7.97. The zero-order chi connectivity index (χ0) is 16.8. The van der Waals surface area contributed by atoms with Gasteiger partial charge < -0.3 is 19.8 Å². The van der Waals surface area contributed by atoms with Crippen molar-refractivity contribution in [3.05, 3.63) is 35.3 Å². The van der Waals surface area contributed by atoms with Crippen LogP contribution < -0.4 is 10.6 Å². The maximum Gasteiger partial charge on any atom is 0.191 e. The van der Waals surface area contributed by atoms with Crippen LogP contribution in [0, 0.1) is 12.7 Å². The first-order valence-corrected chi connectivity index (χ1v) is 7.76. The number of methoxy groups -OCH3 is 1. The molecule has 23 heavy (non-hydrogen) atoms.